The van der Waals surface area contributed by atoms with E-state index in [4.69, 9.17) is 15.2 Å². The quantitative estimate of drug-likeness (QED) is 0.251. The first-order valence-electron chi connectivity index (χ1n) is 11.8. The summed E-state index contributed by atoms with van der Waals surface area (Å²) >= 11 is 0. The monoisotopic (exact) mass is 503 g/mol. The molecule has 14 heteroatoms. The number of aryl methyl sites for hydroxylation is 2. The van der Waals surface area contributed by atoms with E-state index in [0.717, 1.165) is 0 Å². The third-order valence-corrected chi connectivity index (χ3v) is 6.84. The number of aliphatic hydroxyl groups is 4. The number of ether oxygens (including phenoxy) is 2. The van der Waals surface area contributed by atoms with Crippen LogP contribution in [-0.4, -0.2) is 86.6 Å². The summed E-state index contributed by atoms with van der Waals surface area (Å²) in [5.41, 5.74) is 7.74. The van der Waals surface area contributed by atoms with Crippen molar-refractivity contribution in [3.8, 4) is 0 Å². The topological polar surface area (TPSA) is 204 Å². The van der Waals surface area contributed by atoms with Gasteiger partial charge in [0.15, 0.2) is 11.9 Å². The molecule has 2 fully saturated rings. The van der Waals surface area contributed by atoms with Crippen LogP contribution in [0.2, 0.25) is 0 Å². The molecule has 2 saturated heterocycles. The van der Waals surface area contributed by atoms with Crippen molar-refractivity contribution in [2.24, 2.45) is 0 Å². The van der Waals surface area contributed by atoms with Gasteiger partial charge in [0.1, 0.15) is 42.2 Å². The summed E-state index contributed by atoms with van der Waals surface area (Å²) in [6, 6.07) is 0. The van der Waals surface area contributed by atoms with Crippen molar-refractivity contribution < 1.29 is 29.9 Å². The molecule has 14 nitrogen and oxygen atoms in total. The Hall–Kier alpha value is -3.01. The lowest BCUT2D eigenvalue weighted by atomic mass is 10.0. The molecule has 0 unspecified atom stereocenters. The second-order valence-corrected chi connectivity index (χ2v) is 9.18. The number of rotatable bonds is 7. The lowest BCUT2D eigenvalue weighted by molar-refractivity contribution is -0.0459. The van der Waals surface area contributed by atoms with Crippen LogP contribution in [0.4, 0.5) is 5.82 Å². The standard InChI is InChI=1S/C22H29N7O7/c1-10-16-20(25-8-24-10)29(9-26-16)21-18(33)17(32)13(36-21)4-2-3-11-6-28(22(34)27-19(11)23)15-5-12(31)14(7-30)35-15/h6,8-9,12-15,17-18,21,30-33H,2-5,7H2,1H3,(H2,23,27,34)/t12-,13+,14+,15+,17+,18+,21+/m0/s1. The fraction of sp³-hybridized carbons (Fsp3) is 0.591. The van der Waals surface area contributed by atoms with Gasteiger partial charge in [0, 0.05) is 18.2 Å². The van der Waals surface area contributed by atoms with Gasteiger partial charge in [0.25, 0.3) is 0 Å². The first-order chi connectivity index (χ1) is 17.3. The highest BCUT2D eigenvalue weighted by Crippen LogP contribution is 2.34. The van der Waals surface area contributed by atoms with Gasteiger partial charge in [-0.1, -0.05) is 0 Å². The molecule has 0 saturated carbocycles. The summed E-state index contributed by atoms with van der Waals surface area (Å²) < 4.78 is 14.4. The van der Waals surface area contributed by atoms with Crippen molar-refractivity contribution in [1.82, 2.24) is 29.1 Å². The summed E-state index contributed by atoms with van der Waals surface area (Å²) in [6.45, 7) is 1.44. The molecule has 3 aromatic heterocycles. The molecule has 0 aliphatic carbocycles. The van der Waals surface area contributed by atoms with Crippen molar-refractivity contribution in [1.29, 1.82) is 0 Å². The van der Waals surface area contributed by atoms with Gasteiger partial charge < -0.3 is 35.6 Å². The third-order valence-electron chi connectivity index (χ3n) is 6.84. The molecule has 0 spiro atoms. The van der Waals surface area contributed by atoms with Crippen LogP contribution in [0.15, 0.2) is 23.6 Å². The number of nitrogens with two attached hydrogens (primary N) is 1. The Morgan fingerprint density at radius 1 is 1.11 bits per heavy atom. The molecule has 0 bridgehead atoms. The van der Waals surface area contributed by atoms with Crippen molar-refractivity contribution in [2.45, 2.75) is 75.6 Å². The predicted octanol–water partition coefficient (Wildman–Crippen LogP) is -1.44. The summed E-state index contributed by atoms with van der Waals surface area (Å²) in [7, 11) is 0. The fourth-order valence-electron chi connectivity index (χ4n) is 4.82. The molecule has 5 heterocycles. The van der Waals surface area contributed by atoms with Crippen LogP contribution in [-0.2, 0) is 15.9 Å². The van der Waals surface area contributed by atoms with Crippen LogP contribution in [0, 0.1) is 6.92 Å². The maximum Gasteiger partial charge on any atom is 0.351 e. The molecule has 0 aromatic carbocycles. The van der Waals surface area contributed by atoms with Gasteiger partial charge in [0.2, 0.25) is 0 Å². The number of anilines is 1. The SMILES string of the molecule is Cc1ncnc2c1ncn2[C@@H]1O[C@H](CCCc2cn([C@H]3C[C@H](O)[C@@H](CO)O3)c(=O)nc2N)[C@@H](O)[C@H]1O. The minimum absolute atomic E-state index is 0.0826. The second-order valence-electron chi connectivity index (χ2n) is 9.18. The highest BCUT2D eigenvalue weighted by atomic mass is 16.6. The molecule has 3 aromatic rings. The van der Waals surface area contributed by atoms with Crippen LogP contribution in [0.1, 0.15) is 43.0 Å². The Balaban J connectivity index is 1.26. The van der Waals surface area contributed by atoms with Crippen LogP contribution in [0.5, 0.6) is 0 Å². The van der Waals surface area contributed by atoms with Gasteiger partial charge >= 0.3 is 5.69 Å². The maximum atomic E-state index is 12.4. The zero-order valence-electron chi connectivity index (χ0n) is 19.6. The fourth-order valence-corrected chi connectivity index (χ4v) is 4.82. The van der Waals surface area contributed by atoms with E-state index in [2.05, 4.69) is 19.9 Å². The van der Waals surface area contributed by atoms with Gasteiger partial charge in [-0.05, 0) is 26.2 Å². The number of hydrogen-bond acceptors (Lipinski definition) is 12. The highest BCUT2D eigenvalue weighted by Gasteiger charge is 2.44. The first kappa shape index (κ1) is 24.7. The molecule has 2 aliphatic rings. The number of nitrogen functional groups attached to an aromatic ring is 1. The van der Waals surface area contributed by atoms with Crippen LogP contribution in [0.3, 0.4) is 0 Å². The van der Waals surface area contributed by atoms with E-state index in [1.807, 2.05) is 0 Å². The van der Waals surface area contributed by atoms with E-state index in [0.29, 0.717) is 41.7 Å². The number of aromatic nitrogens is 6. The Morgan fingerprint density at radius 3 is 2.67 bits per heavy atom. The van der Waals surface area contributed by atoms with E-state index in [1.165, 1.54) is 17.2 Å². The Kier molecular flexibility index (Phi) is 6.72. The number of imidazole rings is 1. The van der Waals surface area contributed by atoms with Gasteiger partial charge in [-0.2, -0.15) is 4.98 Å². The highest BCUT2D eigenvalue weighted by molar-refractivity contribution is 5.72. The van der Waals surface area contributed by atoms with Gasteiger partial charge in [-0.3, -0.25) is 9.13 Å². The summed E-state index contributed by atoms with van der Waals surface area (Å²) in [6.07, 6.45) is -0.283. The zero-order chi connectivity index (χ0) is 25.6. The molecule has 194 valence electrons. The first-order valence-corrected chi connectivity index (χ1v) is 11.8. The molecule has 6 N–H and O–H groups in total. The minimum Gasteiger partial charge on any atom is -0.394 e. The Bertz CT molecular complexity index is 1300. The molecule has 36 heavy (non-hydrogen) atoms. The molecular formula is C22H29N7O7. The van der Waals surface area contributed by atoms with Crippen LogP contribution < -0.4 is 11.4 Å². The summed E-state index contributed by atoms with van der Waals surface area (Å²) in [5, 5.41) is 40.6. The largest absolute Gasteiger partial charge is 0.394 e. The number of aliphatic hydroxyl groups excluding tert-OH is 4. The predicted molar refractivity (Wildman–Crippen MR) is 123 cm³/mol. The van der Waals surface area contributed by atoms with E-state index in [1.54, 1.807) is 17.7 Å². The van der Waals surface area contributed by atoms with Gasteiger partial charge in [0.05, 0.1) is 30.8 Å². The second kappa shape index (κ2) is 9.80. The van der Waals surface area contributed by atoms with E-state index < -0.39 is 48.7 Å². The number of hydrogen-bond donors (Lipinski definition) is 5. The smallest absolute Gasteiger partial charge is 0.351 e. The van der Waals surface area contributed by atoms with E-state index >= 15 is 0 Å². The zero-order valence-corrected chi connectivity index (χ0v) is 19.6. The summed E-state index contributed by atoms with van der Waals surface area (Å²) in [4.78, 5) is 28.9. The van der Waals surface area contributed by atoms with E-state index in [-0.39, 0.29) is 18.8 Å². The third kappa shape index (κ3) is 4.36. The minimum atomic E-state index is -1.18. The van der Waals surface area contributed by atoms with E-state index in [9.17, 15) is 25.2 Å². The lowest BCUT2D eigenvalue weighted by Gasteiger charge is -2.17. The molecule has 0 radical (unpaired) electrons. The van der Waals surface area contributed by atoms with Crippen molar-refractivity contribution >= 4 is 17.0 Å². The average Bonchev–Trinajstić information content (AvgIpc) is 3.52. The van der Waals surface area contributed by atoms with Crippen LogP contribution >= 0.6 is 0 Å². The number of nitrogens with zero attached hydrogens (tertiary/aromatic N) is 6. The molecule has 0 amide bonds. The maximum absolute atomic E-state index is 12.4. The van der Waals surface area contributed by atoms with Crippen molar-refractivity contribution in [2.75, 3.05) is 12.3 Å². The lowest BCUT2D eigenvalue weighted by Crippen LogP contribution is -2.31. The summed E-state index contributed by atoms with van der Waals surface area (Å²) in [5.74, 6) is 0.0826. The Morgan fingerprint density at radius 2 is 1.92 bits per heavy atom. The van der Waals surface area contributed by atoms with Crippen molar-refractivity contribution in [3.05, 3.63) is 40.6 Å². The average molecular weight is 504 g/mol. The molecule has 2 aliphatic heterocycles. The molecule has 7 atom stereocenters. The number of fused-ring (bicyclic) bond motifs is 1. The molecule has 5 rings (SSSR count). The normalized spacial score (nSPS) is 30.4. The van der Waals surface area contributed by atoms with Crippen molar-refractivity contribution in [3.63, 3.8) is 0 Å². The van der Waals surface area contributed by atoms with Gasteiger partial charge in [-0.15, -0.1) is 0 Å². The Labute approximate surface area is 205 Å². The molecular weight excluding hydrogens is 474 g/mol. The van der Waals surface area contributed by atoms with Gasteiger partial charge in [-0.25, -0.2) is 19.7 Å². The van der Waals surface area contributed by atoms with Crippen LogP contribution in [0.25, 0.3) is 11.2 Å².